The summed E-state index contributed by atoms with van der Waals surface area (Å²) < 4.78 is 7.24. The highest BCUT2D eigenvalue weighted by molar-refractivity contribution is 5.95. The lowest BCUT2D eigenvalue weighted by atomic mass is 9.82. The molecule has 1 aliphatic heterocycles. The van der Waals surface area contributed by atoms with Crippen LogP contribution in [-0.2, 0) is 29.6 Å². The molecule has 39 heavy (non-hydrogen) atoms. The van der Waals surface area contributed by atoms with Crippen molar-refractivity contribution in [2.75, 3.05) is 19.0 Å². The highest BCUT2D eigenvalue weighted by atomic mass is 16.5. The first-order chi connectivity index (χ1) is 18.7. The lowest BCUT2D eigenvalue weighted by molar-refractivity contribution is -0.137. The molecule has 0 aliphatic carbocycles. The lowest BCUT2D eigenvalue weighted by Gasteiger charge is -2.32. The van der Waals surface area contributed by atoms with Crippen molar-refractivity contribution in [1.82, 2.24) is 19.9 Å². The predicted octanol–water partition coefficient (Wildman–Crippen LogP) is 3.74. The van der Waals surface area contributed by atoms with Crippen LogP contribution in [0.5, 0.6) is 5.75 Å². The molecular formula is C29H29N5O5. The second-order valence-electron chi connectivity index (χ2n) is 9.67. The SMILES string of the molecule is COc1cc(C(CC(=O)O)c2cccc3c2CCN(C(=O)c2ccc(NC(C)=O)cc2)C3)cc2nnn(C)c12. The largest absolute Gasteiger partial charge is 0.494 e. The summed E-state index contributed by atoms with van der Waals surface area (Å²) in [7, 11) is 3.35. The molecule has 1 aromatic heterocycles. The molecule has 3 aromatic carbocycles. The Morgan fingerprint density at radius 3 is 2.59 bits per heavy atom. The van der Waals surface area contributed by atoms with Crippen LogP contribution in [0.2, 0.25) is 0 Å². The van der Waals surface area contributed by atoms with Gasteiger partial charge in [-0.3, -0.25) is 14.4 Å². The van der Waals surface area contributed by atoms with Crippen LogP contribution in [0.1, 0.15) is 51.9 Å². The Kier molecular flexibility index (Phi) is 7.02. The summed E-state index contributed by atoms with van der Waals surface area (Å²) in [4.78, 5) is 38.3. The zero-order valence-corrected chi connectivity index (χ0v) is 22.0. The number of methoxy groups -OCH3 is 1. The smallest absolute Gasteiger partial charge is 0.304 e. The maximum absolute atomic E-state index is 13.3. The van der Waals surface area contributed by atoms with E-state index in [9.17, 15) is 19.5 Å². The molecule has 2 heterocycles. The molecule has 0 saturated carbocycles. The van der Waals surface area contributed by atoms with E-state index >= 15 is 0 Å². The number of fused-ring (bicyclic) bond motifs is 2. The van der Waals surface area contributed by atoms with Gasteiger partial charge in [-0.1, -0.05) is 23.4 Å². The monoisotopic (exact) mass is 527 g/mol. The molecule has 0 spiro atoms. The molecule has 2 N–H and O–H groups in total. The van der Waals surface area contributed by atoms with Gasteiger partial charge >= 0.3 is 5.97 Å². The minimum absolute atomic E-state index is 0.0969. The summed E-state index contributed by atoms with van der Waals surface area (Å²) in [5, 5.41) is 20.8. The fourth-order valence-corrected chi connectivity index (χ4v) is 5.33. The highest BCUT2D eigenvalue weighted by Gasteiger charge is 2.28. The van der Waals surface area contributed by atoms with Crippen molar-refractivity contribution in [3.63, 3.8) is 0 Å². The molecule has 1 unspecified atom stereocenters. The third kappa shape index (κ3) is 5.18. The third-order valence-electron chi connectivity index (χ3n) is 7.11. The number of ether oxygens (including phenoxy) is 1. The van der Waals surface area contributed by atoms with Crippen molar-refractivity contribution in [3.8, 4) is 5.75 Å². The van der Waals surface area contributed by atoms with E-state index in [1.165, 1.54) is 6.92 Å². The zero-order valence-electron chi connectivity index (χ0n) is 22.0. The van der Waals surface area contributed by atoms with E-state index in [-0.39, 0.29) is 18.2 Å². The van der Waals surface area contributed by atoms with Gasteiger partial charge in [0.05, 0.1) is 13.5 Å². The summed E-state index contributed by atoms with van der Waals surface area (Å²) in [6.07, 6.45) is 0.497. The third-order valence-corrected chi connectivity index (χ3v) is 7.11. The quantitative estimate of drug-likeness (QED) is 0.375. The Morgan fingerprint density at radius 2 is 1.90 bits per heavy atom. The fourth-order valence-electron chi connectivity index (χ4n) is 5.33. The predicted molar refractivity (Wildman–Crippen MR) is 145 cm³/mol. The number of nitrogens with one attached hydrogen (secondary N) is 1. The number of aliphatic carboxylic acids is 1. The number of hydrogen-bond acceptors (Lipinski definition) is 6. The number of carboxylic acids is 1. The van der Waals surface area contributed by atoms with Crippen LogP contribution in [0, 0.1) is 0 Å². The Balaban J connectivity index is 1.46. The Hall–Kier alpha value is -4.73. The number of aryl methyl sites for hydroxylation is 1. The lowest BCUT2D eigenvalue weighted by Crippen LogP contribution is -2.36. The molecule has 10 heteroatoms. The van der Waals surface area contributed by atoms with E-state index in [2.05, 4.69) is 15.6 Å². The molecule has 2 amide bonds. The number of rotatable bonds is 7. The van der Waals surface area contributed by atoms with Crippen molar-refractivity contribution >= 4 is 34.5 Å². The van der Waals surface area contributed by atoms with E-state index in [1.807, 2.05) is 30.3 Å². The first kappa shape index (κ1) is 25.9. The summed E-state index contributed by atoms with van der Waals surface area (Å²) >= 11 is 0. The van der Waals surface area contributed by atoms with E-state index in [0.717, 1.165) is 27.8 Å². The minimum Gasteiger partial charge on any atom is -0.494 e. The van der Waals surface area contributed by atoms with Crippen LogP contribution in [0.25, 0.3) is 11.0 Å². The van der Waals surface area contributed by atoms with E-state index in [1.54, 1.807) is 48.0 Å². The number of anilines is 1. The van der Waals surface area contributed by atoms with Crippen molar-refractivity contribution in [3.05, 3.63) is 82.4 Å². The normalized spacial score (nSPS) is 13.6. The number of carboxylic acid groups (broad SMARTS) is 1. The Bertz CT molecular complexity index is 1580. The van der Waals surface area contributed by atoms with Gasteiger partial charge in [0.25, 0.3) is 5.91 Å². The second kappa shape index (κ2) is 10.6. The number of nitrogens with zero attached hydrogens (tertiary/aromatic N) is 4. The van der Waals surface area contributed by atoms with Crippen LogP contribution < -0.4 is 10.1 Å². The van der Waals surface area contributed by atoms with Gasteiger partial charge < -0.3 is 20.1 Å². The highest BCUT2D eigenvalue weighted by Crippen LogP contribution is 2.38. The number of aromatic nitrogens is 3. The number of carbonyl (C=O) groups is 3. The Morgan fingerprint density at radius 1 is 1.13 bits per heavy atom. The van der Waals surface area contributed by atoms with Gasteiger partial charge in [0.1, 0.15) is 16.8 Å². The van der Waals surface area contributed by atoms with Gasteiger partial charge in [0.2, 0.25) is 5.91 Å². The molecule has 5 rings (SSSR count). The molecule has 10 nitrogen and oxygen atoms in total. The van der Waals surface area contributed by atoms with Crippen LogP contribution >= 0.6 is 0 Å². The number of amides is 2. The average Bonchev–Trinajstić information content (AvgIpc) is 3.30. The molecule has 0 saturated heterocycles. The maximum Gasteiger partial charge on any atom is 0.304 e. The zero-order chi connectivity index (χ0) is 27.7. The molecule has 0 fully saturated rings. The molecule has 0 bridgehead atoms. The van der Waals surface area contributed by atoms with Crippen molar-refractivity contribution in [2.24, 2.45) is 7.05 Å². The standard InChI is InChI=1S/C29H29N5O5/c1-17(35)30-21-9-7-18(8-10-21)29(38)34-12-11-22-19(16-34)5-4-6-23(22)24(15-27(36)37)20-13-25-28(26(14-20)39-3)33(2)32-31-25/h4-10,13-14,24H,11-12,15-16H2,1-3H3,(H,30,35)(H,36,37). The average molecular weight is 528 g/mol. The topological polar surface area (TPSA) is 127 Å². The van der Waals surface area contributed by atoms with E-state index in [4.69, 9.17) is 4.74 Å². The molecule has 0 radical (unpaired) electrons. The summed E-state index contributed by atoms with van der Waals surface area (Å²) in [6, 6.07) is 16.4. The minimum atomic E-state index is -0.911. The number of hydrogen-bond donors (Lipinski definition) is 2. The van der Waals surface area contributed by atoms with Crippen molar-refractivity contribution < 1.29 is 24.2 Å². The molecule has 4 aromatic rings. The first-order valence-electron chi connectivity index (χ1n) is 12.6. The summed E-state index contributed by atoms with van der Waals surface area (Å²) in [6.45, 7) is 2.36. The van der Waals surface area contributed by atoms with Gasteiger partial charge in [0, 0.05) is 44.2 Å². The summed E-state index contributed by atoms with van der Waals surface area (Å²) in [5.41, 5.74) is 6.31. The first-order valence-corrected chi connectivity index (χ1v) is 12.6. The second-order valence-corrected chi connectivity index (χ2v) is 9.67. The number of benzene rings is 3. The molecule has 200 valence electrons. The number of carbonyl (C=O) groups excluding carboxylic acids is 2. The van der Waals surface area contributed by atoms with Gasteiger partial charge in [-0.05, 0) is 65.1 Å². The molecule has 1 aliphatic rings. The van der Waals surface area contributed by atoms with Crippen LogP contribution in [0.3, 0.4) is 0 Å². The van der Waals surface area contributed by atoms with Crippen molar-refractivity contribution in [1.29, 1.82) is 0 Å². The van der Waals surface area contributed by atoms with Crippen LogP contribution in [-0.4, -0.2) is 56.4 Å². The maximum atomic E-state index is 13.3. The molecule has 1 atom stereocenters. The van der Waals surface area contributed by atoms with Gasteiger partial charge in [0.15, 0.2) is 0 Å². The fraction of sp³-hybridized carbons (Fsp3) is 0.276. The Labute approximate surface area is 225 Å². The molecular weight excluding hydrogens is 498 g/mol. The van der Waals surface area contributed by atoms with Crippen molar-refractivity contribution in [2.45, 2.75) is 32.2 Å². The van der Waals surface area contributed by atoms with Crippen LogP contribution in [0.15, 0.2) is 54.6 Å². The van der Waals surface area contributed by atoms with E-state index in [0.29, 0.717) is 42.0 Å². The van der Waals surface area contributed by atoms with Crippen LogP contribution in [0.4, 0.5) is 5.69 Å². The van der Waals surface area contributed by atoms with Gasteiger partial charge in [-0.2, -0.15) is 0 Å². The van der Waals surface area contributed by atoms with Gasteiger partial charge in [-0.25, -0.2) is 4.68 Å². The summed E-state index contributed by atoms with van der Waals surface area (Å²) in [5.74, 6) is -1.03. The van der Waals surface area contributed by atoms with Gasteiger partial charge in [-0.15, -0.1) is 5.10 Å². The van der Waals surface area contributed by atoms with E-state index < -0.39 is 11.9 Å².